The summed E-state index contributed by atoms with van der Waals surface area (Å²) in [6, 6.07) is 3.58. The molecule has 0 aliphatic heterocycles. The molecule has 1 amide bonds. The Balaban J connectivity index is 2.88. The summed E-state index contributed by atoms with van der Waals surface area (Å²) in [7, 11) is 1.59. The van der Waals surface area contributed by atoms with Gasteiger partial charge in [0.15, 0.2) is 0 Å². The first-order valence-electron chi connectivity index (χ1n) is 5.22. The molecule has 0 heterocycles. The number of allylic oxidation sites excluding steroid dienone is 3. The third kappa shape index (κ3) is 4.31. The van der Waals surface area contributed by atoms with Crippen LogP contribution in [0, 0.1) is 0 Å². The summed E-state index contributed by atoms with van der Waals surface area (Å²) in [6.45, 7) is 1.89. The van der Waals surface area contributed by atoms with Crippen LogP contribution in [0.5, 0.6) is 5.75 Å². The van der Waals surface area contributed by atoms with Crippen LogP contribution in [0.3, 0.4) is 0 Å². The van der Waals surface area contributed by atoms with Crippen LogP contribution in [0.4, 0.5) is 5.69 Å². The van der Waals surface area contributed by atoms with E-state index in [-0.39, 0.29) is 5.91 Å². The van der Waals surface area contributed by atoms with E-state index in [1.54, 1.807) is 31.4 Å². The van der Waals surface area contributed by atoms with Gasteiger partial charge in [0, 0.05) is 15.0 Å². The molecule has 1 aromatic rings. The average Bonchev–Trinajstić information content (AvgIpc) is 2.34. The first-order chi connectivity index (χ1) is 8.58. The Morgan fingerprint density at radius 2 is 1.89 bits per heavy atom. The van der Waals surface area contributed by atoms with Gasteiger partial charge in [-0.3, -0.25) is 4.79 Å². The lowest BCUT2D eigenvalue weighted by atomic mass is 10.3. The molecule has 3 nitrogen and oxygen atoms in total. The van der Waals surface area contributed by atoms with E-state index in [2.05, 4.69) is 37.2 Å². The fourth-order valence-electron chi connectivity index (χ4n) is 1.21. The molecule has 0 fully saturated rings. The maximum absolute atomic E-state index is 11.6. The number of carbonyl (C=O) groups excluding carboxylic acids is 1. The van der Waals surface area contributed by atoms with E-state index in [1.807, 2.05) is 13.0 Å². The molecule has 0 bridgehead atoms. The number of carbonyl (C=O) groups is 1. The van der Waals surface area contributed by atoms with Gasteiger partial charge in [0.1, 0.15) is 5.75 Å². The lowest BCUT2D eigenvalue weighted by molar-refractivity contribution is -0.111. The van der Waals surface area contributed by atoms with E-state index in [0.717, 1.165) is 8.95 Å². The average molecular weight is 375 g/mol. The van der Waals surface area contributed by atoms with E-state index < -0.39 is 0 Å². The number of methoxy groups -OCH3 is 1. The molecule has 0 radical (unpaired) electrons. The molecule has 1 rings (SSSR count). The summed E-state index contributed by atoms with van der Waals surface area (Å²) >= 11 is 6.77. The van der Waals surface area contributed by atoms with Crippen molar-refractivity contribution in [1.29, 1.82) is 0 Å². The van der Waals surface area contributed by atoms with Gasteiger partial charge < -0.3 is 10.1 Å². The van der Waals surface area contributed by atoms with Gasteiger partial charge in [-0.2, -0.15) is 0 Å². The van der Waals surface area contributed by atoms with Crippen LogP contribution in [0.1, 0.15) is 6.92 Å². The molecule has 0 spiro atoms. The largest absolute Gasteiger partial charge is 0.497 e. The smallest absolute Gasteiger partial charge is 0.248 e. The van der Waals surface area contributed by atoms with Gasteiger partial charge in [0.25, 0.3) is 0 Å². The second kappa shape index (κ2) is 7.38. The fourth-order valence-corrected chi connectivity index (χ4v) is 2.55. The Hall–Kier alpha value is -1.07. The summed E-state index contributed by atoms with van der Waals surface area (Å²) in [6.07, 6.45) is 6.78. The second-order valence-corrected chi connectivity index (χ2v) is 5.05. The Labute approximate surface area is 123 Å². The number of anilines is 1. The zero-order valence-electron chi connectivity index (χ0n) is 10.0. The molecule has 0 unspecified atom stereocenters. The molecule has 0 aliphatic carbocycles. The van der Waals surface area contributed by atoms with Crippen LogP contribution in [0.25, 0.3) is 0 Å². The zero-order valence-corrected chi connectivity index (χ0v) is 13.2. The van der Waals surface area contributed by atoms with Crippen LogP contribution in [0.15, 0.2) is 45.4 Å². The molecular weight excluding hydrogens is 362 g/mol. The minimum absolute atomic E-state index is 0.195. The number of ether oxygens (including phenoxy) is 1. The molecule has 0 aliphatic rings. The lowest BCUT2D eigenvalue weighted by Gasteiger charge is -2.10. The van der Waals surface area contributed by atoms with E-state index in [4.69, 9.17) is 4.74 Å². The van der Waals surface area contributed by atoms with Crippen molar-refractivity contribution in [3.05, 3.63) is 45.4 Å². The van der Waals surface area contributed by atoms with Crippen LogP contribution < -0.4 is 10.1 Å². The maximum atomic E-state index is 11.6. The Morgan fingerprint density at radius 1 is 1.28 bits per heavy atom. The summed E-state index contributed by atoms with van der Waals surface area (Å²) < 4.78 is 6.62. The molecule has 18 heavy (non-hydrogen) atoms. The van der Waals surface area contributed by atoms with E-state index in [1.165, 1.54) is 6.08 Å². The lowest BCUT2D eigenvalue weighted by Crippen LogP contribution is -2.09. The summed E-state index contributed by atoms with van der Waals surface area (Å²) in [5.41, 5.74) is 0.672. The molecule has 1 N–H and O–H groups in total. The quantitative estimate of drug-likeness (QED) is 0.630. The Bertz CT molecular complexity index is 473. The van der Waals surface area contributed by atoms with Gasteiger partial charge >= 0.3 is 0 Å². The first kappa shape index (κ1) is 15.0. The van der Waals surface area contributed by atoms with Crippen LogP contribution in [-0.2, 0) is 4.79 Å². The number of hydrogen-bond donors (Lipinski definition) is 1. The molecule has 0 saturated heterocycles. The minimum Gasteiger partial charge on any atom is -0.497 e. The number of amides is 1. The number of hydrogen-bond acceptors (Lipinski definition) is 2. The van der Waals surface area contributed by atoms with Gasteiger partial charge in [-0.25, -0.2) is 0 Å². The van der Waals surface area contributed by atoms with Crippen molar-refractivity contribution in [3.63, 3.8) is 0 Å². The van der Waals surface area contributed by atoms with Crippen LogP contribution >= 0.6 is 31.9 Å². The van der Waals surface area contributed by atoms with Crippen molar-refractivity contribution in [1.82, 2.24) is 0 Å². The monoisotopic (exact) mass is 373 g/mol. The predicted molar refractivity (Wildman–Crippen MR) is 81.0 cm³/mol. The molecule has 0 atom stereocenters. The third-order valence-corrected chi connectivity index (χ3v) is 3.30. The highest BCUT2D eigenvalue weighted by Gasteiger charge is 2.09. The van der Waals surface area contributed by atoms with Gasteiger partial charge in [-0.15, -0.1) is 0 Å². The highest BCUT2D eigenvalue weighted by molar-refractivity contribution is 9.11. The van der Waals surface area contributed by atoms with Crippen molar-refractivity contribution in [3.8, 4) is 5.75 Å². The standard InChI is InChI=1S/C13H13Br2NO2/c1-3-4-5-6-12(17)16-13-10(14)7-9(18-2)8-11(13)15/h3-8H,1-2H3,(H,16,17)/b4-3+,6-5+. The van der Waals surface area contributed by atoms with E-state index in [9.17, 15) is 4.79 Å². The number of halogens is 2. The van der Waals surface area contributed by atoms with Crippen LogP contribution in [0.2, 0.25) is 0 Å². The van der Waals surface area contributed by atoms with Gasteiger partial charge in [0.05, 0.1) is 12.8 Å². The molecule has 5 heteroatoms. The van der Waals surface area contributed by atoms with Crippen molar-refractivity contribution >= 4 is 43.5 Å². The summed E-state index contributed by atoms with van der Waals surface area (Å²) in [4.78, 5) is 11.6. The van der Waals surface area contributed by atoms with Crippen molar-refractivity contribution in [2.75, 3.05) is 12.4 Å². The van der Waals surface area contributed by atoms with Crippen molar-refractivity contribution in [2.24, 2.45) is 0 Å². The first-order valence-corrected chi connectivity index (χ1v) is 6.80. The van der Waals surface area contributed by atoms with E-state index >= 15 is 0 Å². The number of nitrogens with one attached hydrogen (secondary N) is 1. The summed E-state index contributed by atoms with van der Waals surface area (Å²) in [5.74, 6) is 0.510. The van der Waals surface area contributed by atoms with Crippen molar-refractivity contribution < 1.29 is 9.53 Å². The maximum Gasteiger partial charge on any atom is 0.248 e. The highest BCUT2D eigenvalue weighted by atomic mass is 79.9. The summed E-state index contributed by atoms with van der Waals surface area (Å²) in [5, 5.41) is 2.78. The normalized spacial score (nSPS) is 11.1. The topological polar surface area (TPSA) is 38.3 Å². The van der Waals surface area contributed by atoms with Crippen LogP contribution in [-0.4, -0.2) is 13.0 Å². The molecular formula is C13H13Br2NO2. The molecule has 96 valence electrons. The Kier molecular flexibility index (Phi) is 6.15. The highest BCUT2D eigenvalue weighted by Crippen LogP contribution is 2.35. The fraction of sp³-hybridized carbons (Fsp3) is 0.154. The van der Waals surface area contributed by atoms with Crippen molar-refractivity contribution in [2.45, 2.75) is 6.92 Å². The third-order valence-electron chi connectivity index (χ3n) is 2.05. The number of rotatable bonds is 4. The van der Waals surface area contributed by atoms with Gasteiger partial charge in [-0.1, -0.05) is 18.2 Å². The van der Waals surface area contributed by atoms with Gasteiger partial charge in [-0.05, 0) is 50.9 Å². The minimum atomic E-state index is -0.195. The Morgan fingerprint density at radius 3 is 2.39 bits per heavy atom. The van der Waals surface area contributed by atoms with E-state index in [0.29, 0.717) is 11.4 Å². The SMILES string of the molecule is C/C=C/C=C/C(=O)Nc1c(Br)cc(OC)cc1Br. The number of benzene rings is 1. The van der Waals surface area contributed by atoms with Gasteiger partial charge in [0.2, 0.25) is 5.91 Å². The predicted octanol–water partition coefficient (Wildman–Crippen LogP) is 4.29. The zero-order chi connectivity index (χ0) is 13.5. The molecule has 0 saturated carbocycles. The molecule has 0 aromatic heterocycles. The molecule has 1 aromatic carbocycles. The second-order valence-electron chi connectivity index (χ2n) is 3.34.